The van der Waals surface area contributed by atoms with Crippen molar-refractivity contribution in [3.05, 3.63) is 18.3 Å². The Morgan fingerprint density at radius 2 is 2.00 bits per heavy atom. The van der Waals surface area contributed by atoms with Gasteiger partial charge in [0, 0.05) is 25.2 Å². The molecule has 1 aliphatic heterocycles. The van der Waals surface area contributed by atoms with Crippen molar-refractivity contribution in [1.29, 1.82) is 0 Å². The molecule has 2 heterocycles. The lowest BCUT2D eigenvalue weighted by Gasteiger charge is -2.28. The maximum Gasteiger partial charge on any atom is 0.231 e. The number of nitrogens with two attached hydrogens (primary N) is 1. The lowest BCUT2D eigenvalue weighted by Crippen LogP contribution is -2.40. The van der Waals surface area contributed by atoms with E-state index in [2.05, 4.69) is 4.98 Å². The fraction of sp³-hybridized carbons (Fsp3) is 0.571. The second-order valence-corrected chi connectivity index (χ2v) is 5.28. The first-order valence-corrected chi connectivity index (χ1v) is 6.88. The number of anilines is 2. The SMILES string of the molecule is Nc1ccc(N(C(=O)C2CCOCC2)C2CC2)nc1. The number of carbonyl (C=O) groups is 1. The molecule has 1 aliphatic carbocycles. The van der Waals surface area contributed by atoms with Crippen molar-refractivity contribution in [1.82, 2.24) is 4.98 Å². The number of hydrogen-bond donors (Lipinski definition) is 1. The van der Waals surface area contributed by atoms with Crippen molar-refractivity contribution in [2.45, 2.75) is 31.7 Å². The van der Waals surface area contributed by atoms with Crippen LogP contribution in [-0.4, -0.2) is 30.1 Å². The number of pyridine rings is 1. The van der Waals surface area contributed by atoms with Gasteiger partial charge in [0.25, 0.3) is 0 Å². The Balaban J connectivity index is 1.80. The molecular weight excluding hydrogens is 242 g/mol. The van der Waals surface area contributed by atoms with Crippen molar-refractivity contribution < 1.29 is 9.53 Å². The van der Waals surface area contributed by atoms with Crippen LogP contribution in [0.25, 0.3) is 0 Å². The summed E-state index contributed by atoms with van der Waals surface area (Å²) in [6.45, 7) is 1.37. The van der Waals surface area contributed by atoms with Crippen molar-refractivity contribution in [2.75, 3.05) is 23.8 Å². The summed E-state index contributed by atoms with van der Waals surface area (Å²) < 4.78 is 5.32. The Kier molecular flexibility index (Phi) is 3.38. The maximum absolute atomic E-state index is 12.7. The van der Waals surface area contributed by atoms with Crippen LogP contribution >= 0.6 is 0 Å². The van der Waals surface area contributed by atoms with Gasteiger partial charge in [-0.1, -0.05) is 0 Å². The van der Waals surface area contributed by atoms with E-state index >= 15 is 0 Å². The van der Waals surface area contributed by atoms with Crippen LogP contribution in [-0.2, 0) is 9.53 Å². The standard InChI is InChI=1S/C14H19N3O2/c15-11-1-4-13(16-9-11)17(12-2-3-12)14(18)10-5-7-19-8-6-10/h1,4,9-10,12H,2-3,5-8,15H2. The predicted octanol–water partition coefficient (Wildman–Crippen LogP) is 1.59. The van der Waals surface area contributed by atoms with Gasteiger partial charge in [0.15, 0.2) is 0 Å². The molecule has 1 amide bonds. The summed E-state index contributed by atoms with van der Waals surface area (Å²) in [5.74, 6) is 1.00. The summed E-state index contributed by atoms with van der Waals surface area (Å²) in [5, 5.41) is 0. The second kappa shape index (κ2) is 5.17. The molecule has 0 bridgehead atoms. The van der Waals surface area contributed by atoms with Gasteiger partial charge in [-0.3, -0.25) is 9.69 Å². The molecule has 1 aromatic heterocycles. The van der Waals surface area contributed by atoms with Gasteiger partial charge in [0.2, 0.25) is 5.91 Å². The molecule has 1 saturated carbocycles. The molecule has 0 atom stereocenters. The van der Waals surface area contributed by atoms with Gasteiger partial charge in [0.1, 0.15) is 5.82 Å². The van der Waals surface area contributed by atoms with Gasteiger partial charge in [0.05, 0.1) is 11.9 Å². The zero-order valence-electron chi connectivity index (χ0n) is 10.9. The van der Waals surface area contributed by atoms with Gasteiger partial charge in [-0.2, -0.15) is 0 Å². The van der Waals surface area contributed by atoms with Crippen LogP contribution in [0.15, 0.2) is 18.3 Å². The maximum atomic E-state index is 12.7. The van der Waals surface area contributed by atoms with Gasteiger partial charge < -0.3 is 10.5 Å². The van der Waals surface area contributed by atoms with Crippen LogP contribution in [0.4, 0.5) is 11.5 Å². The molecule has 0 radical (unpaired) electrons. The molecule has 2 fully saturated rings. The molecule has 2 N–H and O–H groups in total. The van der Waals surface area contributed by atoms with Gasteiger partial charge >= 0.3 is 0 Å². The Morgan fingerprint density at radius 1 is 1.26 bits per heavy atom. The highest BCUT2D eigenvalue weighted by atomic mass is 16.5. The third kappa shape index (κ3) is 2.71. The second-order valence-electron chi connectivity index (χ2n) is 5.28. The molecule has 5 heteroatoms. The number of nitrogen functional groups attached to an aromatic ring is 1. The van der Waals surface area contributed by atoms with Gasteiger partial charge in [-0.25, -0.2) is 4.98 Å². The van der Waals surface area contributed by atoms with Crippen molar-refractivity contribution in [3.63, 3.8) is 0 Å². The van der Waals surface area contributed by atoms with E-state index < -0.39 is 0 Å². The lowest BCUT2D eigenvalue weighted by molar-refractivity contribution is -0.125. The summed E-state index contributed by atoms with van der Waals surface area (Å²) >= 11 is 0. The topological polar surface area (TPSA) is 68.5 Å². The number of amides is 1. The largest absolute Gasteiger partial charge is 0.397 e. The van der Waals surface area contributed by atoms with Crippen LogP contribution in [0.5, 0.6) is 0 Å². The van der Waals surface area contributed by atoms with E-state index in [4.69, 9.17) is 10.5 Å². The van der Waals surface area contributed by atoms with Crippen LogP contribution in [0, 0.1) is 5.92 Å². The Bertz CT molecular complexity index is 450. The first-order valence-electron chi connectivity index (χ1n) is 6.88. The van der Waals surface area contributed by atoms with Gasteiger partial charge in [-0.05, 0) is 37.8 Å². The number of nitrogens with zero attached hydrogens (tertiary/aromatic N) is 2. The number of rotatable bonds is 3. The van der Waals surface area contributed by atoms with E-state index in [1.165, 1.54) is 0 Å². The van der Waals surface area contributed by atoms with E-state index in [1.54, 1.807) is 12.3 Å². The van der Waals surface area contributed by atoms with Crippen LogP contribution < -0.4 is 10.6 Å². The normalized spacial score (nSPS) is 20.2. The smallest absolute Gasteiger partial charge is 0.231 e. The average molecular weight is 261 g/mol. The zero-order valence-corrected chi connectivity index (χ0v) is 10.9. The first kappa shape index (κ1) is 12.4. The fourth-order valence-electron chi connectivity index (χ4n) is 2.49. The third-order valence-electron chi connectivity index (χ3n) is 3.74. The molecule has 19 heavy (non-hydrogen) atoms. The van der Waals surface area contributed by atoms with Crippen molar-refractivity contribution in [3.8, 4) is 0 Å². The van der Waals surface area contributed by atoms with Gasteiger partial charge in [-0.15, -0.1) is 0 Å². The number of carbonyl (C=O) groups excluding carboxylic acids is 1. The molecule has 0 aromatic carbocycles. The molecule has 3 rings (SSSR count). The summed E-state index contributed by atoms with van der Waals surface area (Å²) in [5.41, 5.74) is 6.28. The molecule has 0 unspecified atom stereocenters. The zero-order chi connectivity index (χ0) is 13.2. The molecule has 1 saturated heterocycles. The van der Waals surface area contributed by atoms with E-state index in [0.29, 0.717) is 24.9 Å². The predicted molar refractivity (Wildman–Crippen MR) is 72.7 cm³/mol. The highest BCUT2D eigenvalue weighted by Crippen LogP contribution is 2.33. The molecule has 5 nitrogen and oxygen atoms in total. The summed E-state index contributed by atoms with van der Waals surface area (Å²) in [4.78, 5) is 18.8. The minimum atomic E-state index is 0.0775. The quantitative estimate of drug-likeness (QED) is 0.897. The van der Waals surface area contributed by atoms with E-state index in [-0.39, 0.29) is 11.8 Å². The third-order valence-corrected chi connectivity index (χ3v) is 3.74. The molecule has 102 valence electrons. The van der Waals surface area contributed by atoms with Crippen LogP contribution in [0.1, 0.15) is 25.7 Å². The Labute approximate surface area is 112 Å². The van der Waals surface area contributed by atoms with E-state index in [1.807, 2.05) is 11.0 Å². The highest BCUT2D eigenvalue weighted by Gasteiger charge is 2.37. The summed E-state index contributed by atoms with van der Waals surface area (Å²) in [6, 6.07) is 3.96. The number of aromatic nitrogens is 1. The van der Waals surface area contributed by atoms with Crippen LogP contribution in [0.3, 0.4) is 0 Å². The Hall–Kier alpha value is -1.62. The van der Waals surface area contributed by atoms with Crippen LogP contribution in [0.2, 0.25) is 0 Å². The van der Waals surface area contributed by atoms with E-state index in [0.717, 1.165) is 31.5 Å². The summed E-state index contributed by atoms with van der Waals surface area (Å²) in [6.07, 6.45) is 5.39. The number of ether oxygens (including phenoxy) is 1. The molecule has 0 spiro atoms. The average Bonchev–Trinajstić information content (AvgIpc) is 3.27. The molecule has 2 aliphatic rings. The highest BCUT2D eigenvalue weighted by molar-refractivity contribution is 5.95. The first-order chi connectivity index (χ1) is 9.25. The monoisotopic (exact) mass is 261 g/mol. The lowest BCUT2D eigenvalue weighted by atomic mass is 9.98. The number of hydrogen-bond acceptors (Lipinski definition) is 4. The molecular formula is C14H19N3O2. The molecule has 1 aromatic rings. The van der Waals surface area contributed by atoms with Crippen molar-refractivity contribution in [2.24, 2.45) is 5.92 Å². The Morgan fingerprint density at radius 3 is 2.58 bits per heavy atom. The summed E-state index contributed by atoms with van der Waals surface area (Å²) in [7, 11) is 0. The minimum absolute atomic E-state index is 0.0775. The van der Waals surface area contributed by atoms with E-state index in [9.17, 15) is 4.79 Å². The minimum Gasteiger partial charge on any atom is -0.397 e. The fourth-order valence-corrected chi connectivity index (χ4v) is 2.49. The van der Waals surface area contributed by atoms with Crippen molar-refractivity contribution >= 4 is 17.4 Å².